The van der Waals surface area contributed by atoms with Crippen LogP contribution in [-0.4, -0.2) is 25.7 Å². The van der Waals surface area contributed by atoms with Gasteiger partial charge in [0.15, 0.2) is 10.8 Å². The van der Waals surface area contributed by atoms with Gasteiger partial charge in [0.25, 0.3) is 5.91 Å². The average molecular weight is 412 g/mol. The zero-order valence-electron chi connectivity index (χ0n) is 15.7. The van der Waals surface area contributed by atoms with Crippen LogP contribution in [0.1, 0.15) is 32.2 Å². The molecule has 4 rings (SSSR count). The van der Waals surface area contributed by atoms with Crippen molar-refractivity contribution < 1.29 is 4.79 Å². The number of amides is 1. The van der Waals surface area contributed by atoms with Gasteiger partial charge in [-0.1, -0.05) is 23.7 Å². The molecule has 0 aliphatic carbocycles. The number of thiazole rings is 1. The summed E-state index contributed by atoms with van der Waals surface area (Å²) < 4.78 is 1.70. The van der Waals surface area contributed by atoms with E-state index in [9.17, 15) is 4.79 Å². The second kappa shape index (κ2) is 7.33. The van der Waals surface area contributed by atoms with Crippen molar-refractivity contribution in [3.05, 3.63) is 68.9 Å². The van der Waals surface area contributed by atoms with E-state index in [2.05, 4.69) is 20.4 Å². The Labute approximate surface area is 171 Å². The van der Waals surface area contributed by atoms with E-state index in [0.29, 0.717) is 27.8 Å². The molecular weight excluding hydrogens is 394 g/mol. The summed E-state index contributed by atoms with van der Waals surface area (Å²) >= 11 is 7.50. The van der Waals surface area contributed by atoms with Crippen LogP contribution in [0.5, 0.6) is 0 Å². The quantitative estimate of drug-likeness (QED) is 0.535. The highest BCUT2D eigenvalue weighted by molar-refractivity contribution is 7.15. The van der Waals surface area contributed by atoms with Gasteiger partial charge >= 0.3 is 0 Å². The van der Waals surface area contributed by atoms with Crippen LogP contribution in [0.4, 0.5) is 5.13 Å². The molecule has 0 aliphatic heterocycles. The first kappa shape index (κ1) is 18.6. The Kier molecular flexibility index (Phi) is 4.87. The Balaban J connectivity index is 1.58. The zero-order valence-corrected chi connectivity index (χ0v) is 17.2. The number of nitrogens with zero attached hydrogens (tertiary/aromatic N) is 4. The van der Waals surface area contributed by atoms with E-state index in [0.717, 1.165) is 27.2 Å². The summed E-state index contributed by atoms with van der Waals surface area (Å²) in [5.74, 6) is -0.213. The fourth-order valence-electron chi connectivity index (χ4n) is 3.21. The molecule has 8 heteroatoms. The van der Waals surface area contributed by atoms with E-state index in [1.165, 1.54) is 11.3 Å². The zero-order chi connectivity index (χ0) is 19.8. The largest absolute Gasteiger partial charge is 0.298 e. The second-order valence-electron chi connectivity index (χ2n) is 6.61. The molecular formula is C20H18ClN5OS. The molecule has 0 radical (unpaired) electrons. The van der Waals surface area contributed by atoms with E-state index < -0.39 is 0 Å². The fourth-order valence-corrected chi connectivity index (χ4v) is 4.26. The molecule has 142 valence electrons. The SMILES string of the molecule is Cc1cc(C(=O)Nc2ncc(Cc3cccc(Cl)c3)s2)c2c(C)nn(C)c2n1. The first-order valence-electron chi connectivity index (χ1n) is 8.72. The van der Waals surface area contributed by atoms with Crippen molar-refractivity contribution in [3.63, 3.8) is 0 Å². The first-order valence-corrected chi connectivity index (χ1v) is 9.91. The number of anilines is 1. The van der Waals surface area contributed by atoms with Crippen molar-refractivity contribution in [3.8, 4) is 0 Å². The second-order valence-corrected chi connectivity index (χ2v) is 8.16. The predicted octanol–water partition coefficient (Wildman–Crippen LogP) is 4.54. The van der Waals surface area contributed by atoms with Crippen molar-refractivity contribution in [2.45, 2.75) is 20.3 Å². The van der Waals surface area contributed by atoms with Gasteiger partial charge in [0.05, 0.1) is 16.6 Å². The van der Waals surface area contributed by atoms with E-state index >= 15 is 0 Å². The lowest BCUT2D eigenvalue weighted by atomic mass is 10.1. The average Bonchev–Trinajstić information content (AvgIpc) is 3.18. The summed E-state index contributed by atoms with van der Waals surface area (Å²) in [6.07, 6.45) is 2.50. The number of halogens is 1. The normalized spacial score (nSPS) is 11.1. The molecule has 0 fully saturated rings. The van der Waals surface area contributed by atoms with Crippen molar-refractivity contribution >= 4 is 45.0 Å². The van der Waals surface area contributed by atoms with Gasteiger partial charge in [-0.05, 0) is 37.6 Å². The number of aryl methyl sites for hydroxylation is 3. The maximum atomic E-state index is 12.9. The van der Waals surface area contributed by atoms with Crippen LogP contribution in [-0.2, 0) is 13.5 Å². The van der Waals surface area contributed by atoms with Gasteiger partial charge in [0.2, 0.25) is 0 Å². The standard InChI is InChI=1S/C20H18ClN5OS/c1-11-7-16(17-12(2)25-26(3)18(17)23-11)19(27)24-20-22-10-15(28-20)9-13-5-4-6-14(21)8-13/h4-8,10H,9H2,1-3H3,(H,22,24,27). The lowest BCUT2D eigenvalue weighted by Crippen LogP contribution is -2.13. The summed E-state index contributed by atoms with van der Waals surface area (Å²) in [5.41, 5.74) is 3.90. The third kappa shape index (κ3) is 3.63. The highest BCUT2D eigenvalue weighted by atomic mass is 35.5. The molecule has 28 heavy (non-hydrogen) atoms. The van der Waals surface area contributed by atoms with Crippen molar-refractivity contribution in [2.24, 2.45) is 7.05 Å². The topological polar surface area (TPSA) is 72.7 Å². The molecule has 0 saturated heterocycles. The number of nitrogens with one attached hydrogen (secondary N) is 1. The Bertz CT molecular complexity index is 1200. The Hall–Kier alpha value is -2.77. The monoisotopic (exact) mass is 411 g/mol. The lowest BCUT2D eigenvalue weighted by Gasteiger charge is -2.05. The number of aromatic nitrogens is 4. The number of hydrogen-bond acceptors (Lipinski definition) is 5. The summed E-state index contributed by atoms with van der Waals surface area (Å²) in [6, 6.07) is 9.51. The Morgan fingerprint density at radius 1 is 1.29 bits per heavy atom. The fraction of sp³-hybridized carbons (Fsp3) is 0.200. The highest BCUT2D eigenvalue weighted by Crippen LogP contribution is 2.25. The molecule has 0 aliphatic rings. The molecule has 3 aromatic heterocycles. The van der Waals surface area contributed by atoms with Crippen LogP contribution in [0.3, 0.4) is 0 Å². The van der Waals surface area contributed by atoms with Gasteiger partial charge in [-0.3, -0.25) is 14.8 Å². The van der Waals surface area contributed by atoms with Gasteiger partial charge < -0.3 is 0 Å². The number of hydrogen-bond donors (Lipinski definition) is 1. The van der Waals surface area contributed by atoms with Crippen molar-refractivity contribution in [2.75, 3.05) is 5.32 Å². The minimum absolute atomic E-state index is 0.213. The molecule has 4 aromatic rings. The van der Waals surface area contributed by atoms with Crippen LogP contribution in [0.15, 0.2) is 36.5 Å². The molecule has 3 heterocycles. The first-order chi connectivity index (χ1) is 13.4. The van der Waals surface area contributed by atoms with Crippen LogP contribution < -0.4 is 5.32 Å². The molecule has 0 bridgehead atoms. The molecule has 6 nitrogen and oxygen atoms in total. The highest BCUT2D eigenvalue weighted by Gasteiger charge is 2.18. The van der Waals surface area contributed by atoms with Gasteiger partial charge in [-0.15, -0.1) is 11.3 Å². The summed E-state index contributed by atoms with van der Waals surface area (Å²) in [4.78, 5) is 22.8. The number of benzene rings is 1. The van der Waals surface area contributed by atoms with Crippen LogP contribution in [0.25, 0.3) is 11.0 Å². The van der Waals surface area contributed by atoms with Gasteiger partial charge in [0, 0.05) is 35.3 Å². The molecule has 0 saturated carbocycles. The van der Waals surface area contributed by atoms with Crippen LogP contribution in [0, 0.1) is 13.8 Å². The van der Waals surface area contributed by atoms with Crippen LogP contribution in [0.2, 0.25) is 5.02 Å². The third-order valence-electron chi connectivity index (χ3n) is 4.38. The Morgan fingerprint density at radius 2 is 2.11 bits per heavy atom. The number of pyridine rings is 1. The van der Waals surface area contributed by atoms with E-state index in [1.54, 1.807) is 16.9 Å². The van der Waals surface area contributed by atoms with Gasteiger partial charge in [-0.25, -0.2) is 9.97 Å². The van der Waals surface area contributed by atoms with Gasteiger partial charge in [-0.2, -0.15) is 5.10 Å². The predicted molar refractivity (Wildman–Crippen MR) is 112 cm³/mol. The van der Waals surface area contributed by atoms with E-state index in [-0.39, 0.29) is 5.91 Å². The third-order valence-corrected chi connectivity index (χ3v) is 5.53. The number of fused-ring (bicyclic) bond motifs is 1. The summed E-state index contributed by atoms with van der Waals surface area (Å²) in [6.45, 7) is 3.74. The number of carbonyl (C=O) groups excluding carboxylic acids is 1. The van der Waals surface area contributed by atoms with Crippen molar-refractivity contribution in [1.29, 1.82) is 0 Å². The number of rotatable bonds is 4. The summed E-state index contributed by atoms with van der Waals surface area (Å²) in [5, 5.41) is 9.33. The smallest absolute Gasteiger partial charge is 0.258 e. The minimum Gasteiger partial charge on any atom is -0.298 e. The molecule has 0 unspecified atom stereocenters. The van der Waals surface area contributed by atoms with Crippen LogP contribution >= 0.6 is 22.9 Å². The molecule has 1 N–H and O–H groups in total. The molecule has 1 aromatic carbocycles. The molecule has 0 atom stereocenters. The summed E-state index contributed by atoms with van der Waals surface area (Å²) in [7, 11) is 1.83. The minimum atomic E-state index is -0.213. The Morgan fingerprint density at radius 3 is 2.89 bits per heavy atom. The number of carbonyl (C=O) groups is 1. The lowest BCUT2D eigenvalue weighted by molar-refractivity contribution is 0.102. The van der Waals surface area contributed by atoms with Crippen molar-refractivity contribution in [1.82, 2.24) is 19.7 Å². The van der Waals surface area contributed by atoms with E-state index in [1.807, 2.05) is 45.2 Å². The maximum Gasteiger partial charge on any atom is 0.258 e. The molecule has 1 amide bonds. The van der Waals surface area contributed by atoms with Gasteiger partial charge in [0.1, 0.15) is 0 Å². The van der Waals surface area contributed by atoms with E-state index in [4.69, 9.17) is 11.6 Å². The maximum absolute atomic E-state index is 12.9. The molecule has 0 spiro atoms.